The summed E-state index contributed by atoms with van der Waals surface area (Å²) >= 11 is 0. The fourth-order valence-electron chi connectivity index (χ4n) is 1.82. The third kappa shape index (κ3) is 6.52. The number of aromatic nitrogens is 1. The van der Waals surface area contributed by atoms with Gasteiger partial charge < -0.3 is 5.32 Å². The van der Waals surface area contributed by atoms with Gasteiger partial charge in [0.05, 0.1) is 12.2 Å². The van der Waals surface area contributed by atoms with Crippen LogP contribution in [0.3, 0.4) is 0 Å². The van der Waals surface area contributed by atoms with Crippen molar-refractivity contribution in [3.8, 4) is 0 Å². The maximum absolute atomic E-state index is 12.1. The molecular weight excluding hydrogens is 288 g/mol. The lowest BCUT2D eigenvalue weighted by atomic mass is 10.2. The first-order valence-electron chi connectivity index (χ1n) is 7.29. The second-order valence-corrected chi connectivity index (χ2v) is 6.88. The third-order valence-electron chi connectivity index (χ3n) is 3.20. The van der Waals surface area contributed by atoms with Gasteiger partial charge in [0.1, 0.15) is 0 Å². The number of hydrogen-bond acceptors (Lipinski definition) is 4. The van der Waals surface area contributed by atoms with Gasteiger partial charge in [0.2, 0.25) is 0 Å². The predicted molar refractivity (Wildman–Crippen MR) is 85.1 cm³/mol. The lowest BCUT2D eigenvalue weighted by Gasteiger charge is -2.18. The van der Waals surface area contributed by atoms with E-state index in [1.165, 1.54) is 4.31 Å². The van der Waals surface area contributed by atoms with Crippen molar-refractivity contribution >= 4 is 10.2 Å². The van der Waals surface area contributed by atoms with Gasteiger partial charge in [0, 0.05) is 19.8 Å². The highest BCUT2D eigenvalue weighted by Gasteiger charge is 2.17. The summed E-state index contributed by atoms with van der Waals surface area (Å²) in [5.41, 5.74) is 1.73. The maximum atomic E-state index is 12.1. The van der Waals surface area contributed by atoms with Crippen LogP contribution in [0.25, 0.3) is 0 Å². The van der Waals surface area contributed by atoms with Crippen LogP contribution in [-0.2, 0) is 16.8 Å². The summed E-state index contributed by atoms with van der Waals surface area (Å²) in [7, 11) is -1.86. The molecule has 1 aromatic heterocycles. The molecule has 0 saturated carbocycles. The lowest BCUT2D eigenvalue weighted by molar-refractivity contribution is 0.444. The summed E-state index contributed by atoms with van der Waals surface area (Å²) in [4.78, 5) is 4.18. The molecule has 1 aromatic rings. The van der Waals surface area contributed by atoms with Crippen LogP contribution in [0.4, 0.5) is 0 Å². The Hall–Kier alpha value is -1.02. The van der Waals surface area contributed by atoms with Crippen molar-refractivity contribution in [1.29, 1.82) is 0 Å². The average molecular weight is 314 g/mol. The average Bonchev–Trinajstić information content (AvgIpc) is 2.46. The van der Waals surface area contributed by atoms with Crippen molar-refractivity contribution in [2.75, 3.05) is 26.7 Å². The molecule has 0 unspecified atom stereocenters. The van der Waals surface area contributed by atoms with Crippen LogP contribution in [0.5, 0.6) is 0 Å². The second kappa shape index (κ2) is 9.09. The van der Waals surface area contributed by atoms with E-state index in [0.717, 1.165) is 37.2 Å². The molecule has 0 spiro atoms. The van der Waals surface area contributed by atoms with Crippen molar-refractivity contribution < 1.29 is 8.42 Å². The zero-order valence-corrected chi connectivity index (χ0v) is 13.9. The van der Waals surface area contributed by atoms with E-state index in [2.05, 4.69) is 21.9 Å². The van der Waals surface area contributed by atoms with Gasteiger partial charge in [-0.1, -0.05) is 13.0 Å². The molecule has 120 valence electrons. The molecule has 0 amide bonds. The molecule has 7 heteroatoms. The highest BCUT2D eigenvalue weighted by Crippen LogP contribution is 2.04. The van der Waals surface area contributed by atoms with E-state index < -0.39 is 10.2 Å². The monoisotopic (exact) mass is 314 g/mol. The molecule has 0 fully saturated rings. The number of aryl methyl sites for hydroxylation is 1. The Kier molecular flexibility index (Phi) is 7.81. The van der Waals surface area contributed by atoms with Gasteiger partial charge in [-0.05, 0) is 44.5 Å². The molecule has 21 heavy (non-hydrogen) atoms. The number of nitrogens with zero attached hydrogens (tertiary/aromatic N) is 2. The van der Waals surface area contributed by atoms with Gasteiger partial charge in [0.25, 0.3) is 10.2 Å². The van der Waals surface area contributed by atoms with E-state index in [0.29, 0.717) is 6.54 Å². The summed E-state index contributed by atoms with van der Waals surface area (Å²) in [6.45, 7) is 6.52. The first kappa shape index (κ1) is 18.0. The molecule has 0 aliphatic rings. The number of pyridine rings is 1. The largest absolute Gasteiger partial charge is 0.317 e. The molecule has 0 bridgehead atoms. The minimum atomic E-state index is -3.45. The molecule has 0 atom stereocenters. The molecule has 2 N–H and O–H groups in total. The normalized spacial score (nSPS) is 12.0. The number of hydrogen-bond donors (Lipinski definition) is 2. The van der Waals surface area contributed by atoms with Crippen molar-refractivity contribution in [3.63, 3.8) is 0 Å². The molecule has 6 nitrogen and oxygen atoms in total. The van der Waals surface area contributed by atoms with Crippen LogP contribution in [0.2, 0.25) is 0 Å². The van der Waals surface area contributed by atoms with E-state index in [4.69, 9.17) is 0 Å². The minimum absolute atomic E-state index is 0.216. The maximum Gasteiger partial charge on any atom is 0.279 e. The first-order valence-corrected chi connectivity index (χ1v) is 8.73. The Balaban J connectivity index is 2.40. The fourth-order valence-corrected chi connectivity index (χ4v) is 2.73. The third-order valence-corrected chi connectivity index (χ3v) is 4.72. The van der Waals surface area contributed by atoms with Gasteiger partial charge in [-0.25, -0.2) is 0 Å². The summed E-state index contributed by atoms with van der Waals surface area (Å²) in [6.07, 6.45) is 3.54. The van der Waals surface area contributed by atoms with E-state index in [-0.39, 0.29) is 6.54 Å². The first-order chi connectivity index (χ1) is 9.97. The Labute approximate surface area is 128 Å². The summed E-state index contributed by atoms with van der Waals surface area (Å²) in [5.74, 6) is 0. The molecule has 0 aromatic carbocycles. The van der Waals surface area contributed by atoms with Crippen LogP contribution in [-0.4, -0.2) is 44.4 Å². The van der Waals surface area contributed by atoms with E-state index in [1.54, 1.807) is 13.2 Å². The Morgan fingerprint density at radius 1 is 1.33 bits per heavy atom. The highest BCUT2D eigenvalue weighted by atomic mass is 32.2. The van der Waals surface area contributed by atoms with Gasteiger partial charge in [-0.2, -0.15) is 17.4 Å². The second-order valence-electron chi connectivity index (χ2n) is 5.02. The quantitative estimate of drug-likeness (QED) is 0.633. The molecule has 1 rings (SSSR count). The molecule has 0 aliphatic heterocycles. The van der Waals surface area contributed by atoms with Crippen LogP contribution in [0.1, 0.15) is 31.0 Å². The van der Waals surface area contributed by atoms with Gasteiger partial charge in [0.15, 0.2) is 0 Å². The Morgan fingerprint density at radius 2 is 2.10 bits per heavy atom. The standard InChI is InChI=1S/C14H26N4O2S/c1-4-8-15-9-6-11-18(3)21(19,20)17-12-14-13(2)7-5-10-16-14/h5,7,10,15,17H,4,6,8-9,11-12H2,1-3H3. The van der Waals surface area contributed by atoms with Gasteiger partial charge in [-0.15, -0.1) is 0 Å². The summed E-state index contributed by atoms with van der Waals surface area (Å²) < 4.78 is 28.1. The van der Waals surface area contributed by atoms with Crippen molar-refractivity contribution in [2.24, 2.45) is 0 Å². The highest BCUT2D eigenvalue weighted by molar-refractivity contribution is 7.87. The van der Waals surface area contributed by atoms with Crippen LogP contribution in [0.15, 0.2) is 18.3 Å². The molecule has 1 heterocycles. The zero-order valence-electron chi connectivity index (χ0n) is 13.1. The summed E-state index contributed by atoms with van der Waals surface area (Å²) in [5, 5.41) is 3.26. The molecule has 0 saturated heterocycles. The van der Waals surface area contributed by atoms with Crippen molar-refractivity contribution in [3.05, 3.63) is 29.6 Å². The molecular formula is C14H26N4O2S. The number of nitrogens with one attached hydrogen (secondary N) is 2. The predicted octanol–water partition coefficient (Wildman–Crippen LogP) is 1.05. The summed E-state index contributed by atoms with van der Waals surface area (Å²) in [6, 6.07) is 3.75. The number of rotatable bonds is 10. The van der Waals surface area contributed by atoms with Crippen LogP contribution >= 0.6 is 0 Å². The molecule has 0 radical (unpaired) electrons. The van der Waals surface area contributed by atoms with Crippen LogP contribution in [0, 0.1) is 6.92 Å². The van der Waals surface area contributed by atoms with Gasteiger partial charge >= 0.3 is 0 Å². The lowest BCUT2D eigenvalue weighted by Crippen LogP contribution is -2.39. The van der Waals surface area contributed by atoms with Gasteiger partial charge in [-0.3, -0.25) is 4.98 Å². The van der Waals surface area contributed by atoms with E-state index >= 15 is 0 Å². The smallest absolute Gasteiger partial charge is 0.279 e. The minimum Gasteiger partial charge on any atom is -0.317 e. The zero-order chi connectivity index (χ0) is 15.7. The van der Waals surface area contributed by atoms with Crippen molar-refractivity contribution in [1.82, 2.24) is 19.3 Å². The fraction of sp³-hybridized carbons (Fsp3) is 0.643. The Morgan fingerprint density at radius 3 is 2.76 bits per heavy atom. The van der Waals surface area contributed by atoms with E-state index in [1.807, 2.05) is 19.1 Å². The SMILES string of the molecule is CCCNCCCN(C)S(=O)(=O)NCc1ncccc1C. The van der Waals surface area contributed by atoms with Crippen molar-refractivity contribution in [2.45, 2.75) is 33.2 Å². The topological polar surface area (TPSA) is 74.3 Å². The Bertz CT molecular complexity index is 519. The molecule has 0 aliphatic carbocycles. The van der Waals surface area contributed by atoms with Crippen LogP contribution < -0.4 is 10.0 Å². The van der Waals surface area contributed by atoms with E-state index in [9.17, 15) is 8.42 Å².